The summed E-state index contributed by atoms with van der Waals surface area (Å²) in [7, 11) is 0. The second-order valence-corrected chi connectivity index (χ2v) is 13.2. The lowest BCUT2D eigenvalue weighted by atomic mass is 9.73. The Balaban J connectivity index is 1.34. The number of unbranched alkanes of at least 4 members (excludes halogenated alkanes) is 3. The summed E-state index contributed by atoms with van der Waals surface area (Å²) in [5.74, 6) is -1.41. The van der Waals surface area contributed by atoms with Gasteiger partial charge in [0.1, 0.15) is 17.4 Å². The van der Waals surface area contributed by atoms with Gasteiger partial charge >= 0.3 is 0 Å². The predicted molar refractivity (Wildman–Crippen MR) is 177 cm³/mol. The summed E-state index contributed by atoms with van der Waals surface area (Å²) in [6, 6.07) is 6.60. The molecule has 3 saturated heterocycles. The second kappa shape index (κ2) is 14.5. The van der Waals surface area contributed by atoms with Crippen molar-refractivity contribution < 1.29 is 33.7 Å². The van der Waals surface area contributed by atoms with Gasteiger partial charge in [-0.05, 0) is 50.5 Å². The Kier molecular flexibility index (Phi) is 10.4. The molecule has 6 rings (SSSR count). The van der Waals surface area contributed by atoms with Crippen molar-refractivity contribution in [3.63, 3.8) is 0 Å². The van der Waals surface area contributed by atoms with E-state index in [0.717, 1.165) is 43.9 Å². The van der Waals surface area contributed by atoms with Crippen LogP contribution in [0.15, 0.2) is 48.6 Å². The summed E-state index contributed by atoms with van der Waals surface area (Å²) in [5.41, 5.74) is -1.58. The minimum absolute atomic E-state index is 0.128. The second-order valence-electron chi connectivity index (χ2n) is 13.2. The van der Waals surface area contributed by atoms with E-state index in [0.29, 0.717) is 65.3 Å². The molecule has 3 amide bonds. The van der Waals surface area contributed by atoms with Gasteiger partial charge in [-0.15, -0.1) is 0 Å². The van der Waals surface area contributed by atoms with Crippen LogP contribution >= 0.6 is 0 Å². The topological polar surface area (TPSA) is 112 Å². The van der Waals surface area contributed by atoms with Gasteiger partial charge in [-0.1, -0.05) is 44.1 Å². The van der Waals surface area contributed by atoms with Gasteiger partial charge in [0, 0.05) is 58.1 Å². The Morgan fingerprint density at radius 1 is 0.851 bits per heavy atom. The van der Waals surface area contributed by atoms with E-state index in [1.54, 1.807) is 9.80 Å². The average molecular weight is 651 g/mol. The molecule has 0 aliphatic carbocycles. The number of fused-ring (bicyclic) bond motifs is 2. The lowest BCUT2D eigenvalue weighted by Crippen LogP contribution is -2.57. The van der Waals surface area contributed by atoms with Crippen LogP contribution < -0.4 is 9.64 Å². The zero-order chi connectivity index (χ0) is 33.0. The van der Waals surface area contributed by atoms with Crippen molar-refractivity contribution in [1.82, 2.24) is 14.7 Å². The first-order valence-corrected chi connectivity index (χ1v) is 17.5. The van der Waals surface area contributed by atoms with Gasteiger partial charge in [0.2, 0.25) is 17.7 Å². The number of benzene rings is 1. The molecule has 11 nitrogen and oxygen atoms in total. The molecule has 11 heteroatoms. The van der Waals surface area contributed by atoms with Crippen LogP contribution in [0.5, 0.6) is 5.75 Å². The molecule has 0 bridgehead atoms. The predicted octanol–water partition coefficient (Wildman–Crippen LogP) is 2.63. The highest BCUT2D eigenvalue weighted by atomic mass is 16.5. The van der Waals surface area contributed by atoms with E-state index < -0.39 is 29.1 Å². The van der Waals surface area contributed by atoms with Crippen LogP contribution in [0.25, 0.3) is 0 Å². The van der Waals surface area contributed by atoms with Crippen molar-refractivity contribution in [2.24, 2.45) is 11.8 Å². The first-order chi connectivity index (χ1) is 22.9. The highest BCUT2D eigenvalue weighted by molar-refractivity contribution is 6.04. The summed E-state index contributed by atoms with van der Waals surface area (Å²) >= 11 is 0. The standard InChI is InChI=1S/C36H50N4O7/c1-3-35-15-9-19-39(27-11-13-28(14-12-27)46-4-2)32(42)29(35)30-33(43)40(18-7-5-6-8-24-41)31-34(44)38(17-10-16-36(30,31)47-35)21-20-37-22-25-45-26-23-37/h9-16,29-31,41H,3-8,17-26H2,1-2H3/t29-,30-,31?,35+,36-/m0/s1. The summed E-state index contributed by atoms with van der Waals surface area (Å²) in [6.45, 7) is 10.0. The monoisotopic (exact) mass is 650 g/mol. The number of aliphatic hydroxyl groups excluding tert-OH is 1. The van der Waals surface area contributed by atoms with Crippen LogP contribution in [0.1, 0.15) is 46.0 Å². The number of hydrogen-bond acceptors (Lipinski definition) is 8. The van der Waals surface area contributed by atoms with Gasteiger partial charge in [0.25, 0.3) is 0 Å². The van der Waals surface area contributed by atoms with Gasteiger partial charge in [0.15, 0.2) is 0 Å². The molecule has 0 radical (unpaired) electrons. The first-order valence-electron chi connectivity index (χ1n) is 17.5. The number of carbonyl (C=O) groups is 3. The van der Waals surface area contributed by atoms with Gasteiger partial charge in [-0.2, -0.15) is 0 Å². The number of anilines is 1. The van der Waals surface area contributed by atoms with Crippen LogP contribution in [0.2, 0.25) is 0 Å². The fourth-order valence-corrected chi connectivity index (χ4v) is 8.20. The molecule has 0 aromatic heterocycles. The van der Waals surface area contributed by atoms with Crippen molar-refractivity contribution >= 4 is 23.4 Å². The summed E-state index contributed by atoms with van der Waals surface area (Å²) in [5, 5.41) is 9.27. The quantitative estimate of drug-likeness (QED) is 0.256. The Labute approximate surface area is 278 Å². The van der Waals surface area contributed by atoms with E-state index in [2.05, 4.69) is 4.90 Å². The maximum absolute atomic E-state index is 14.8. The lowest BCUT2D eigenvalue weighted by molar-refractivity contribution is -0.152. The molecule has 5 heterocycles. The molecule has 1 N–H and O–H groups in total. The third-order valence-corrected chi connectivity index (χ3v) is 10.6. The number of likely N-dealkylation sites (tertiary alicyclic amines) is 1. The normalized spacial score (nSPS) is 30.7. The Bertz CT molecular complexity index is 1350. The summed E-state index contributed by atoms with van der Waals surface area (Å²) in [4.78, 5) is 51.7. The smallest absolute Gasteiger partial charge is 0.249 e. The first kappa shape index (κ1) is 33.6. The van der Waals surface area contributed by atoms with Gasteiger partial charge in [-0.3, -0.25) is 19.3 Å². The molecular formula is C36H50N4O7. The van der Waals surface area contributed by atoms with Crippen LogP contribution in [-0.4, -0.2) is 127 Å². The molecule has 1 spiro atoms. The molecule has 1 aromatic carbocycles. The van der Waals surface area contributed by atoms with Crippen molar-refractivity contribution in [1.29, 1.82) is 0 Å². The van der Waals surface area contributed by atoms with E-state index in [-0.39, 0.29) is 24.3 Å². The molecule has 5 atom stereocenters. The minimum atomic E-state index is -1.27. The van der Waals surface area contributed by atoms with Crippen molar-refractivity contribution in [2.75, 3.05) is 77.1 Å². The summed E-state index contributed by atoms with van der Waals surface area (Å²) in [6.07, 6.45) is 11.4. The highest BCUT2D eigenvalue weighted by Crippen LogP contribution is 2.58. The minimum Gasteiger partial charge on any atom is -0.494 e. The Morgan fingerprint density at radius 2 is 1.60 bits per heavy atom. The van der Waals surface area contributed by atoms with Crippen molar-refractivity contribution in [3.8, 4) is 5.75 Å². The molecule has 256 valence electrons. The fourth-order valence-electron chi connectivity index (χ4n) is 8.20. The molecule has 3 fully saturated rings. The number of aliphatic hydroxyl groups is 1. The van der Waals surface area contributed by atoms with E-state index >= 15 is 0 Å². The number of carbonyl (C=O) groups excluding carboxylic acids is 3. The van der Waals surface area contributed by atoms with Gasteiger partial charge in [-0.25, -0.2) is 0 Å². The van der Waals surface area contributed by atoms with Crippen LogP contribution in [0.4, 0.5) is 5.69 Å². The number of nitrogens with zero attached hydrogens (tertiary/aromatic N) is 4. The Hall–Kier alpha value is -3.25. The SMILES string of the molecule is CCOc1ccc(N2CC=C[C@@]3(CC)O[C@]45C=CCN(CCN6CCOCC6)C(=O)C4N(CCCCCCO)C(=O)[C@@H]5[C@H]3C2=O)cc1. The largest absolute Gasteiger partial charge is 0.494 e. The summed E-state index contributed by atoms with van der Waals surface area (Å²) < 4.78 is 18.3. The van der Waals surface area contributed by atoms with Crippen LogP contribution in [0, 0.1) is 11.8 Å². The lowest BCUT2D eigenvalue weighted by Gasteiger charge is -2.39. The zero-order valence-corrected chi connectivity index (χ0v) is 27.9. The number of morpholine rings is 1. The third kappa shape index (κ3) is 6.23. The number of hydrogen-bond donors (Lipinski definition) is 1. The van der Waals surface area contributed by atoms with E-state index in [1.165, 1.54) is 0 Å². The zero-order valence-electron chi connectivity index (χ0n) is 27.9. The fraction of sp³-hybridized carbons (Fsp3) is 0.639. The average Bonchev–Trinajstić information content (AvgIpc) is 3.37. The Morgan fingerprint density at radius 3 is 2.32 bits per heavy atom. The van der Waals surface area contributed by atoms with Gasteiger partial charge in [0.05, 0.1) is 37.3 Å². The molecule has 5 aliphatic heterocycles. The van der Waals surface area contributed by atoms with Crippen LogP contribution in [-0.2, 0) is 23.9 Å². The maximum Gasteiger partial charge on any atom is 0.249 e. The number of amides is 3. The third-order valence-electron chi connectivity index (χ3n) is 10.6. The van der Waals surface area contributed by atoms with Crippen molar-refractivity contribution in [3.05, 3.63) is 48.6 Å². The maximum atomic E-state index is 14.8. The van der Waals surface area contributed by atoms with E-state index in [1.807, 2.05) is 67.3 Å². The van der Waals surface area contributed by atoms with Gasteiger partial charge < -0.3 is 34.0 Å². The van der Waals surface area contributed by atoms with E-state index in [4.69, 9.17) is 14.2 Å². The molecule has 1 aromatic rings. The van der Waals surface area contributed by atoms with Crippen LogP contribution in [0.3, 0.4) is 0 Å². The molecule has 0 saturated carbocycles. The molecule has 47 heavy (non-hydrogen) atoms. The molecule has 5 aliphatic rings. The van der Waals surface area contributed by atoms with E-state index in [9.17, 15) is 19.5 Å². The molecule has 1 unspecified atom stereocenters. The number of ether oxygens (including phenoxy) is 3. The molecular weight excluding hydrogens is 600 g/mol. The highest BCUT2D eigenvalue weighted by Gasteiger charge is 2.75. The number of rotatable bonds is 13. The van der Waals surface area contributed by atoms with Crippen molar-refractivity contribution in [2.45, 2.75) is 63.2 Å².